The van der Waals surface area contributed by atoms with Crippen molar-refractivity contribution < 1.29 is 14.3 Å². The third-order valence-corrected chi connectivity index (χ3v) is 15.4. The topological polar surface area (TPSA) is 110 Å². The third-order valence-electron chi connectivity index (χ3n) is 15.4. The molecule has 5 aliphatic rings. The Kier molecular flexibility index (Phi) is 13.0. The number of ether oxygens (including phenoxy) is 2. The monoisotopic (exact) mass is 844 g/mol. The number of nitrogens with two attached hydrogens (primary N) is 1. The van der Waals surface area contributed by atoms with Crippen LogP contribution in [0.4, 0.5) is 0 Å². The molecule has 10 unspecified atom stereocenters. The van der Waals surface area contributed by atoms with Crippen molar-refractivity contribution in [3.05, 3.63) is 173 Å². The lowest BCUT2D eigenvalue weighted by molar-refractivity contribution is -0.145. The summed E-state index contributed by atoms with van der Waals surface area (Å²) >= 11 is 0. The van der Waals surface area contributed by atoms with Crippen LogP contribution in [0.5, 0.6) is 5.75 Å². The van der Waals surface area contributed by atoms with E-state index in [2.05, 4.69) is 137 Å². The SMILES string of the molecule is N[C@@H](Cc1ccccc1)C(=O)OCCOc1ccc(C2C3CCC(N3)C(c3ccccc3)C3CCC(N3)C(c3ccccc3)C3CCC(N3)C(c3ccccc3)C3CCC2N3)cc1. The van der Waals surface area contributed by atoms with Gasteiger partial charge in [-0.05, 0) is 97.7 Å². The number of rotatable bonds is 11. The molecule has 0 aromatic heterocycles. The number of carbonyl (C=O) groups excluding carboxylic acids is 1. The molecular weight excluding hydrogens is 779 g/mol. The van der Waals surface area contributed by atoms with E-state index < -0.39 is 12.0 Å². The second-order valence-electron chi connectivity index (χ2n) is 19.0. The van der Waals surface area contributed by atoms with Crippen LogP contribution >= 0.6 is 0 Å². The molecule has 0 aliphatic carbocycles. The zero-order chi connectivity index (χ0) is 42.5. The highest BCUT2D eigenvalue weighted by molar-refractivity contribution is 5.75. The summed E-state index contributed by atoms with van der Waals surface area (Å²) in [4.78, 5) is 12.6. The van der Waals surface area contributed by atoms with Gasteiger partial charge in [0.15, 0.2) is 0 Å². The molecule has 8 heteroatoms. The quantitative estimate of drug-likeness (QED) is 0.0671. The standard InChI is InChI=1S/C55H65N5O3/c56-42(35-36-13-5-1-6-14-36)55(61)63-34-33-62-41-23-21-40(22-24-41)54-49-31-29-47(59-49)52(38-17-9-3-10-18-38)45-27-25-43(57-45)51(37-15-7-2-8-16-37)44-26-28-46(58-44)53(39-19-11-4-12-20-39)48-30-32-50(54)60-48/h1-24,42-54,57-60H,25-35,56H2/t42-,43?,44?,45?,46?,47?,48?,49?,50?,51?,52?,53?,54?/m0/s1. The van der Waals surface area contributed by atoms with Gasteiger partial charge in [-0.25, -0.2) is 0 Å². The van der Waals surface area contributed by atoms with Crippen LogP contribution in [0.1, 0.15) is 103 Å². The maximum absolute atomic E-state index is 12.6. The zero-order valence-electron chi connectivity index (χ0n) is 36.4. The summed E-state index contributed by atoms with van der Waals surface area (Å²) in [5.74, 6) is 1.81. The molecular formula is C55H65N5O3. The minimum atomic E-state index is -0.705. The fourth-order valence-corrected chi connectivity index (χ4v) is 12.6. The molecule has 63 heavy (non-hydrogen) atoms. The molecule has 10 rings (SSSR count). The number of carbonyl (C=O) groups is 1. The van der Waals surface area contributed by atoms with E-state index in [1.807, 2.05) is 30.3 Å². The maximum atomic E-state index is 12.6. The number of nitrogens with one attached hydrogen (secondary N) is 4. The first kappa shape index (κ1) is 42.1. The summed E-state index contributed by atoms with van der Waals surface area (Å²) < 4.78 is 11.6. The minimum absolute atomic E-state index is 0.151. The average molecular weight is 844 g/mol. The lowest BCUT2D eigenvalue weighted by atomic mass is 9.83. The molecule has 8 bridgehead atoms. The minimum Gasteiger partial charge on any atom is -0.490 e. The van der Waals surface area contributed by atoms with Crippen LogP contribution in [-0.2, 0) is 16.0 Å². The molecule has 11 atom stereocenters. The van der Waals surface area contributed by atoms with E-state index in [1.54, 1.807) is 0 Å². The Morgan fingerprint density at radius 1 is 0.444 bits per heavy atom. The van der Waals surface area contributed by atoms with Crippen molar-refractivity contribution >= 4 is 5.97 Å². The summed E-state index contributed by atoms with van der Waals surface area (Å²) in [6, 6.07) is 55.0. The molecule has 5 fully saturated rings. The van der Waals surface area contributed by atoms with E-state index in [0.29, 0.717) is 72.5 Å². The molecule has 0 spiro atoms. The van der Waals surface area contributed by atoms with Crippen molar-refractivity contribution in [2.24, 2.45) is 5.73 Å². The van der Waals surface area contributed by atoms with Gasteiger partial charge in [0.2, 0.25) is 0 Å². The van der Waals surface area contributed by atoms with E-state index >= 15 is 0 Å². The highest BCUT2D eigenvalue weighted by atomic mass is 16.6. The number of benzene rings is 5. The molecule has 0 saturated carbocycles. The number of fused-ring (bicyclic) bond motifs is 8. The molecule has 6 N–H and O–H groups in total. The van der Waals surface area contributed by atoms with Gasteiger partial charge in [0.25, 0.3) is 0 Å². The summed E-state index contributed by atoms with van der Waals surface area (Å²) in [7, 11) is 0. The predicted octanol–water partition coefficient (Wildman–Crippen LogP) is 8.11. The van der Waals surface area contributed by atoms with Gasteiger partial charge in [-0.1, -0.05) is 133 Å². The van der Waals surface area contributed by atoms with Crippen LogP contribution in [0.15, 0.2) is 146 Å². The molecule has 0 radical (unpaired) electrons. The van der Waals surface area contributed by atoms with Gasteiger partial charge >= 0.3 is 5.97 Å². The normalized spacial score (nSPS) is 32.0. The Morgan fingerprint density at radius 3 is 1.11 bits per heavy atom. The summed E-state index contributed by atoms with van der Waals surface area (Å²) in [6.07, 6.45) is 9.73. The Bertz CT molecular complexity index is 2130. The van der Waals surface area contributed by atoms with Crippen molar-refractivity contribution in [2.75, 3.05) is 13.2 Å². The van der Waals surface area contributed by atoms with Gasteiger partial charge in [-0.2, -0.15) is 0 Å². The van der Waals surface area contributed by atoms with Gasteiger partial charge in [0.1, 0.15) is 25.0 Å². The highest BCUT2D eigenvalue weighted by Crippen LogP contribution is 2.46. The van der Waals surface area contributed by atoms with Crippen molar-refractivity contribution in [2.45, 2.75) is 136 Å². The van der Waals surface area contributed by atoms with Gasteiger partial charge in [0.05, 0.1) is 0 Å². The molecule has 5 aliphatic heterocycles. The summed E-state index contributed by atoms with van der Waals surface area (Å²) in [6.45, 7) is 0.419. The predicted molar refractivity (Wildman–Crippen MR) is 251 cm³/mol. The molecule has 0 amide bonds. The first-order valence-electron chi connectivity index (χ1n) is 23.9. The first-order valence-corrected chi connectivity index (χ1v) is 23.9. The van der Waals surface area contributed by atoms with Crippen LogP contribution < -0.4 is 31.7 Å². The van der Waals surface area contributed by atoms with Crippen LogP contribution in [0, 0.1) is 0 Å². The van der Waals surface area contributed by atoms with Crippen molar-refractivity contribution in [3.63, 3.8) is 0 Å². The van der Waals surface area contributed by atoms with Crippen LogP contribution in [0.25, 0.3) is 0 Å². The second kappa shape index (κ2) is 19.5. The average Bonchev–Trinajstić information content (AvgIpc) is 4.18. The summed E-state index contributed by atoms with van der Waals surface area (Å²) in [5, 5.41) is 17.4. The molecule has 5 heterocycles. The van der Waals surface area contributed by atoms with Crippen molar-refractivity contribution in [3.8, 4) is 5.75 Å². The lowest BCUT2D eigenvalue weighted by Gasteiger charge is -2.37. The lowest BCUT2D eigenvalue weighted by Crippen LogP contribution is -2.51. The van der Waals surface area contributed by atoms with E-state index in [4.69, 9.17) is 15.2 Å². The second-order valence-corrected chi connectivity index (χ2v) is 19.0. The Balaban J connectivity index is 0.917. The van der Waals surface area contributed by atoms with Crippen LogP contribution in [0.3, 0.4) is 0 Å². The molecule has 5 aromatic rings. The number of hydrogen-bond acceptors (Lipinski definition) is 8. The smallest absolute Gasteiger partial charge is 0.323 e. The third kappa shape index (κ3) is 9.38. The maximum Gasteiger partial charge on any atom is 0.323 e. The fourth-order valence-electron chi connectivity index (χ4n) is 12.6. The highest BCUT2D eigenvalue weighted by Gasteiger charge is 2.49. The Labute approximate surface area is 374 Å². The number of hydrogen-bond donors (Lipinski definition) is 5. The Hall–Kier alpha value is -4.83. The van der Waals surface area contributed by atoms with E-state index in [9.17, 15) is 4.79 Å². The van der Waals surface area contributed by atoms with E-state index in [0.717, 1.165) is 37.0 Å². The van der Waals surface area contributed by atoms with Crippen LogP contribution in [-0.4, -0.2) is 73.6 Å². The first-order chi connectivity index (χ1) is 31.1. The van der Waals surface area contributed by atoms with Gasteiger partial charge in [-0.15, -0.1) is 0 Å². The largest absolute Gasteiger partial charge is 0.490 e. The molecule has 5 saturated heterocycles. The number of esters is 1. The fraction of sp³-hybridized carbons (Fsp3) is 0.436. The van der Waals surface area contributed by atoms with Gasteiger partial charge in [-0.3, -0.25) is 4.79 Å². The zero-order valence-corrected chi connectivity index (χ0v) is 36.4. The van der Waals surface area contributed by atoms with Gasteiger partial charge in [0, 0.05) is 72.0 Å². The summed E-state index contributed by atoms with van der Waals surface area (Å²) in [5.41, 5.74) is 12.9. The van der Waals surface area contributed by atoms with Crippen molar-refractivity contribution in [1.82, 2.24) is 21.3 Å². The van der Waals surface area contributed by atoms with Gasteiger partial charge < -0.3 is 36.5 Å². The van der Waals surface area contributed by atoms with E-state index in [1.165, 1.54) is 47.9 Å². The molecule has 328 valence electrons. The molecule has 8 nitrogen and oxygen atoms in total. The van der Waals surface area contributed by atoms with Crippen LogP contribution in [0.2, 0.25) is 0 Å². The molecule has 5 aromatic carbocycles. The van der Waals surface area contributed by atoms with Crippen molar-refractivity contribution in [1.29, 1.82) is 0 Å². The Morgan fingerprint density at radius 2 is 0.762 bits per heavy atom. The van der Waals surface area contributed by atoms with E-state index in [-0.39, 0.29) is 19.1 Å².